The summed E-state index contributed by atoms with van der Waals surface area (Å²) in [7, 11) is -6.22. The molecule has 0 aliphatic heterocycles. The average molecular weight is 419 g/mol. The van der Waals surface area contributed by atoms with Crippen molar-refractivity contribution in [2.24, 2.45) is 5.73 Å². The molecule has 0 radical (unpaired) electrons. The Bertz CT molecular complexity index is 493. The zero-order valence-electron chi connectivity index (χ0n) is 14.0. The first-order valence-corrected chi connectivity index (χ1v) is 9.16. The van der Waals surface area contributed by atoms with Crippen LogP contribution in [0.3, 0.4) is 0 Å². The second kappa shape index (κ2) is 11.8. The summed E-state index contributed by atoms with van der Waals surface area (Å²) in [6, 6.07) is 0. The molecular formula is C14H24F7NO3S. The summed E-state index contributed by atoms with van der Waals surface area (Å²) in [4.78, 5) is 0. The van der Waals surface area contributed by atoms with E-state index in [-0.39, 0.29) is 25.7 Å². The van der Waals surface area contributed by atoms with Gasteiger partial charge in [0, 0.05) is 19.4 Å². The Hall–Kier alpha value is -0.880. The molecule has 0 heterocycles. The van der Waals surface area contributed by atoms with Crippen LogP contribution in [0.1, 0.15) is 51.4 Å². The SMILES string of the molecule is C=CCN.O=S(=O)(O)C(F)(F)C(F)(F)CCCCCCCCC(F)(F)F. The highest BCUT2D eigenvalue weighted by Gasteiger charge is 2.64. The molecular weight excluding hydrogens is 395 g/mol. The Balaban J connectivity index is 0. The zero-order valence-corrected chi connectivity index (χ0v) is 14.9. The molecule has 4 nitrogen and oxygen atoms in total. The van der Waals surface area contributed by atoms with E-state index in [1.54, 1.807) is 6.08 Å². The summed E-state index contributed by atoms with van der Waals surface area (Å²) in [5, 5.41) is -5.56. The fraction of sp³-hybridized carbons (Fsp3) is 0.857. The third-order valence-corrected chi connectivity index (χ3v) is 4.06. The predicted octanol–water partition coefficient (Wildman–Crippen LogP) is 4.92. The minimum Gasteiger partial charge on any atom is -0.327 e. The summed E-state index contributed by atoms with van der Waals surface area (Å²) < 4.78 is 116. The van der Waals surface area contributed by atoms with Gasteiger partial charge in [0.25, 0.3) is 0 Å². The van der Waals surface area contributed by atoms with Crippen molar-refractivity contribution in [3.8, 4) is 0 Å². The van der Waals surface area contributed by atoms with Gasteiger partial charge in [0.05, 0.1) is 0 Å². The number of hydrogen-bond donors (Lipinski definition) is 2. The topological polar surface area (TPSA) is 80.4 Å². The fourth-order valence-corrected chi connectivity index (χ4v) is 2.19. The quantitative estimate of drug-likeness (QED) is 0.216. The molecule has 0 amide bonds. The Morgan fingerprint density at radius 1 is 0.846 bits per heavy atom. The van der Waals surface area contributed by atoms with Crippen molar-refractivity contribution in [3.05, 3.63) is 12.7 Å². The largest absolute Gasteiger partial charge is 0.431 e. The number of halogens is 7. The molecule has 0 aromatic heterocycles. The normalized spacial score (nSPS) is 13.1. The van der Waals surface area contributed by atoms with Crippen LogP contribution in [0, 0.1) is 0 Å². The van der Waals surface area contributed by atoms with Crippen LogP contribution in [-0.4, -0.2) is 36.9 Å². The maximum absolute atomic E-state index is 13.0. The molecule has 0 saturated carbocycles. The molecule has 0 aromatic rings. The first kappa shape index (κ1) is 27.3. The first-order chi connectivity index (χ1) is 11.6. The van der Waals surface area contributed by atoms with E-state index in [0.29, 0.717) is 13.0 Å². The van der Waals surface area contributed by atoms with Crippen LogP contribution in [0.2, 0.25) is 0 Å². The van der Waals surface area contributed by atoms with Gasteiger partial charge in [0.1, 0.15) is 0 Å². The Morgan fingerprint density at radius 2 is 1.19 bits per heavy atom. The van der Waals surface area contributed by atoms with E-state index in [2.05, 4.69) is 6.58 Å². The lowest BCUT2D eigenvalue weighted by atomic mass is 10.1. The summed E-state index contributed by atoms with van der Waals surface area (Å²) >= 11 is 0. The summed E-state index contributed by atoms with van der Waals surface area (Å²) in [5.41, 5.74) is 4.91. The maximum atomic E-state index is 13.0. The van der Waals surface area contributed by atoms with E-state index < -0.39 is 46.7 Å². The van der Waals surface area contributed by atoms with Crippen LogP contribution in [0.4, 0.5) is 30.7 Å². The van der Waals surface area contributed by atoms with E-state index in [1.807, 2.05) is 0 Å². The molecule has 0 spiro atoms. The molecule has 0 atom stereocenters. The van der Waals surface area contributed by atoms with Crippen molar-refractivity contribution in [2.75, 3.05) is 6.54 Å². The van der Waals surface area contributed by atoms with Crippen molar-refractivity contribution in [2.45, 2.75) is 68.7 Å². The van der Waals surface area contributed by atoms with Gasteiger partial charge < -0.3 is 5.73 Å². The molecule has 158 valence electrons. The summed E-state index contributed by atoms with van der Waals surface area (Å²) in [6.45, 7) is 3.94. The van der Waals surface area contributed by atoms with Crippen LogP contribution in [0.5, 0.6) is 0 Å². The second-order valence-corrected chi connectivity index (χ2v) is 6.92. The molecule has 0 aliphatic carbocycles. The van der Waals surface area contributed by atoms with Crippen molar-refractivity contribution in [1.29, 1.82) is 0 Å². The summed E-state index contributed by atoms with van der Waals surface area (Å²) in [5.74, 6) is -4.91. The van der Waals surface area contributed by atoms with Gasteiger partial charge in [0.2, 0.25) is 0 Å². The smallest absolute Gasteiger partial charge is 0.327 e. The monoisotopic (exact) mass is 419 g/mol. The van der Waals surface area contributed by atoms with Crippen LogP contribution in [-0.2, 0) is 10.1 Å². The van der Waals surface area contributed by atoms with Gasteiger partial charge in [-0.2, -0.15) is 39.2 Å². The Morgan fingerprint density at radius 3 is 1.50 bits per heavy atom. The number of rotatable bonds is 11. The molecule has 12 heteroatoms. The van der Waals surface area contributed by atoms with Crippen molar-refractivity contribution in [3.63, 3.8) is 0 Å². The van der Waals surface area contributed by atoms with E-state index in [0.717, 1.165) is 0 Å². The Labute approximate surface area is 148 Å². The molecule has 0 aromatic carbocycles. The van der Waals surface area contributed by atoms with Gasteiger partial charge in [-0.3, -0.25) is 4.55 Å². The third kappa shape index (κ3) is 11.7. The standard InChI is InChI=1S/C11H17F7O3S.C3H7N/c12-9(13,11(17,18)22(19,20)21)7-5-3-1-2-4-6-8-10(14,15)16;1-2-3-4/h1-8H2,(H,19,20,21);2H,1,3-4H2. The summed E-state index contributed by atoms with van der Waals surface area (Å²) in [6.07, 6.45) is -4.63. The highest BCUT2D eigenvalue weighted by atomic mass is 32.2. The van der Waals surface area contributed by atoms with Crippen molar-refractivity contribution in [1.82, 2.24) is 0 Å². The van der Waals surface area contributed by atoms with Crippen LogP contribution < -0.4 is 5.73 Å². The van der Waals surface area contributed by atoms with Gasteiger partial charge in [-0.05, 0) is 12.8 Å². The molecule has 0 rings (SSSR count). The van der Waals surface area contributed by atoms with E-state index >= 15 is 0 Å². The van der Waals surface area contributed by atoms with E-state index in [1.165, 1.54) is 0 Å². The number of nitrogens with two attached hydrogens (primary N) is 1. The van der Waals surface area contributed by atoms with Crippen LogP contribution >= 0.6 is 0 Å². The molecule has 3 N–H and O–H groups in total. The minimum atomic E-state index is -6.22. The van der Waals surface area contributed by atoms with E-state index in [4.69, 9.17) is 10.3 Å². The van der Waals surface area contributed by atoms with Crippen LogP contribution in [0.25, 0.3) is 0 Å². The lowest BCUT2D eigenvalue weighted by Crippen LogP contribution is -2.46. The van der Waals surface area contributed by atoms with Gasteiger partial charge in [-0.15, -0.1) is 6.58 Å². The lowest BCUT2D eigenvalue weighted by Gasteiger charge is -2.23. The number of hydrogen-bond acceptors (Lipinski definition) is 3. The number of alkyl halides is 7. The highest BCUT2D eigenvalue weighted by Crippen LogP contribution is 2.41. The van der Waals surface area contributed by atoms with E-state index in [9.17, 15) is 39.2 Å². The molecule has 0 aliphatic rings. The predicted molar refractivity (Wildman–Crippen MR) is 83.7 cm³/mol. The number of unbranched alkanes of at least 4 members (excludes halogenated alkanes) is 5. The van der Waals surface area contributed by atoms with Gasteiger partial charge in [-0.25, -0.2) is 0 Å². The fourth-order valence-electron chi connectivity index (χ4n) is 1.71. The van der Waals surface area contributed by atoms with Gasteiger partial charge in [0.15, 0.2) is 0 Å². The van der Waals surface area contributed by atoms with Gasteiger partial charge >= 0.3 is 27.5 Å². The molecule has 0 saturated heterocycles. The van der Waals surface area contributed by atoms with Crippen molar-refractivity contribution < 1.29 is 43.7 Å². The van der Waals surface area contributed by atoms with Crippen LogP contribution in [0.15, 0.2) is 12.7 Å². The van der Waals surface area contributed by atoms with Gasteiger partial charge in [-0.1, -0.05) is 31.8 Å². The first-order valence-electron chi connectivity index (χ1n) is 7.72. The van der Waals surface area contributed by atoms with Crippen molar-refractivity contribution >= 4 is 10.1 Å². The molecule has 26 heavy (non-hydrogen) atoms. The second-order valence-electron chi connectivity index (χ2n) is 5.46. The molecule has 0 bridgehead atoms. The third-order valence-electron chi connectivity index (χ3n) is 3.12. The molecule has 0 unspecified atom stereocenters. The maximum Gasteiger partial charge on any atom is 0.431 e. The zero-order chi connectivity index (χ0) is 21.1. The lowest BCUT2D eigenvalue weighted by molar-refractivity contribution is -0.164. The Kier molecular flexibility index (Phi) is 12.4. The molecule has 0 fully saturated rings. The average Bonchev–Trinajstić information content (AvgIpc) is 2.47. The highest BCUT2D eigenvalue weighted by molar-refractivity contribution is 7.87. The minimum absolute atomic E-state index is 0.0448.